The molecule has 0 aromatic heterocycles. The zero-order chi connectivity index (χ0) is 14.4. The predicted molar refractivity (Wildman–Crippen MR) is 87.4 cm³/mol. The largest absolute Gasteiger partial charge is 0.393 e. The highest BCUT2D eigenvalue weighted by molar-refractivity contribution is 8.00. The quantitative estimate of drug-likeness (QED) is 0.537. The standard InChI is InChI=1S/C15H29N3OS/c1-3-16-14(17-10-12-6-4-7-13(12)19)18-11-15(2)8-5-9-20-15/h12-13,19H,3-11H2,1-2H3,(H2,16,17,18). The molecule has 1 saturated heterocycles. The minimum absolute atomic E-state index is 0.131. The van der Waals surface area contributed by atoms with Crippen molar-refractivity contribution in [3.8, 4) is 0 Å². The summed E-state index contributed by atoms with van der Waals surface area (Å²) in [5.74, 6) is 2.56. The minimum Gasteiger partial charge on any atom is -0.393 e. The van der Waals surface area contributed by atoms with Crippen LogP contribution in [0.5, 0.6) is 0 Å². The summed E-state index contributed by atoms with van der Waals surface area (Å²) in [4.78, 5) is 4.75. The Morgan fingerprint density at radius 2 is 2.20 bits per heavy atom. The van der Waals surface area contributed by atoms with Gasteiger partial charge >= 0.3 is 0 Å². The maximum absolute atomic E-state index is 9.87. The first-order valence-corrected chi connectivity index (χ1v) is 8.96. The van der Waals surface area contributed by atoms with Gasteiger partial charge in [-0.25, -0.2) is 0 Å². The van der Waals surface area contributed by atoms with Crippen LogP contribution in [0.15, 0.2) is 4.99 Å². The van der Waals surface area contributed by atoms with Crippen LogP contribution in [0.25, 0.3) is 0 Å². The normalized spacial score (nSPS) is 34.5. The number of aliphatic hydroxyl groups excluding tert-OH is 1. The molecule has 0 amide bonds. The first-order valence-electron chi connectivity index (χ1n) is 7.97. The molecule has 1 heterocycles. The van der Waals surface area contributed by atoms with Crippen LogP contribution in [0.1, 0.15) is 46.0 Å². The Morgan fingerprint density at radius 1 is 1.35 bits per heavy atom. The maximum atomic E-state index is 9.87. The van der Waals surface area contributed by atoms with Gasteiger partial charge in [0, 0.05) is 23.8 Å². The molecule has 2 fully saturated rings. The van der Waals surface area contributed by atoms with E-state index in [1.165, 1.54) is 18.6 Å². The minimum atomic E-state index is -0.131. The van der Waals surface area contributed by atoms with Gasteiger partial charge in [-0.3, -0.25) is 4.99 Å². The fourth-order valence-corrected chi connectivity index (χ4v) is 4.26. The molecule has 1 aliphatic carbocycles. The summed E-state index contributed by atoms with van der Waals surface area (Å²) in [6.45, 7) is 6.99. The van der Waals surface area contributed by atoms with Crippen molar-refractivity contribution in [1.82, 2.24) is 10.6 Å². The fraction of sp³-hybridized carbons (Fsp3) is 0.933. The average molecular weight is 299 g/mol. The van der Waals surface area contributed by atoms with Gasteiger partial charge in [-0.2, -0.15) is 11.8 Å². The number of hydrogen-bond donors (Lipinski definition) is 3. The first-order chi connectivity index (χ1) is 9.63. The number of hydrogen-bond acceptors (Lipinski definition) is 3. The Labute approximate surface area is 127 Å². The van der Waals surface area contributed by atoms with E-state index in [1.807, 2.05) is 11.8 Å². The molecule has 2 rings (SSSR count). The van der Waals surface area contributed by atoms with Gasteiger partial charge in [-0.1, -0.05) is 6.42 Å². The van der Waals surface area contributed by atoms with Crippen molar-refractivity contribution >= 4 is 17.7 Å². The lowest BCUT2D eigenvalue weighted by molar-refractivity contribution is 0.134. The van der Waals surface area contributed by atoms with Crippen LogP contribution in [0.3, 0.4) is 0 Å². The molecule has 0 aromatic carbocycles. The summed E-state index contributed by atoms with van der Waals surface area (Å²) in [7, 11) is 0. The summed E-state index contributed by atoms with van der Waals surface area (Å²) in [6, 6.07) is 0. The van der Waals surface area contributed by atoms with Crippen molar-refractivity contribution < 1.29 is 5.11 Å². The molecule has 20 heavy (non-hydrogen) atoms. The van der Waals surface area contributed by atoms with Crippen molar-refractivity contribution in [2.45, 2.75) is 56.8 Å². The summed E-state index contributed by atoms with van der Waals surface area (Å²) >= 11 is 2.05. The second-order valence-corrected chi connectivity index (χ2v) is 7.92. The molecule has 2 aliphatic rings. The number of rotatable bonds is 5. The zero-order valence-corrected chi connectivity index (χ0v) is 13.6. The molecule has 0 radical (unpaired) electrons. The van der Waals surface area contributed by atoms with Crippen LogP contribution in [0, 0.1) is 5.92 Å². The second-order valence-electron chi connectivity index (χ2n) is 6.24. The lowest BCUT2D eigenvalue weighted by Gasteiger charge is -2.22. The van der Waals surface area contributed by atoms with Crippen molar-refractivity contribution in [2.75, 3.05) is 25.4 Å². The summed E-state index contributed by atoms with van der Waals surface area (Å²) in [5, 5.41) is 16.6. The highest BCUT2D eigenvalue weighted by Crippen LogP contribution is 2.37. The van der Waals surface area contributed by atoms with Gasteiger partial charge in [0.25, 0.3) is 0 Å². The second kappa shape index (κ2) is 7.55. The van der Waals surface area contributed by atoms with E-state index in [0.717, 1.165) is 44.9 Å². The Bertz CT molecular complexity index is 329. The first kappa shape index (κ1) is 16.0. The van der Waals surface area contributed by atoms with Gasteiger partial charge in [0.2, 0.25) is 0 Å². The lowest BCUT2D eigenvalue weighted by Crippen LogP contribution is -2.41. The Kier molecular flexibility index (Phi) is 6.02. The van der Waals surface area contributed by atoms with Crippen molar-refractivity contribution in [3.05, 3.63) is 0 Å². The topological polar surface area (TPSA) is 56.7 Å². The third-order valence-corrected chi connectivity index (χ3v) is 5.89. The van der Waals surface area contributed by atoms with E-state index in [-0.39, 0.29) is 6.10 Å². The van der Waals surface area contributed by atoms with Crippen LogP contribution in [-0.4, -0.2) is 47.3 Å². The van der Waals surface area contributed by atoms with E-state index in [0.29, 0.717) is 10.7 Å². The third kappa shape index (κ3) is 4.55. The van der Waals surface area contributed by atoms with Crippen LogP contribution >= 0.6 is 11.8 Å². The number of thioether (sulfide) groups is 1. The van der Waals surface area contributed by atoms with Crippen LogP contribution < -0.4 is 10.6 Å². The van der Waals surface area contributed by atoms with Crippen LogP contribution in [0.4, 0.5) is 0 Å². The average Bonchev–Trinajstić information content (AvgIpc) is 3.03. The van der Waals surface area contributed by atoms with Gasteiger partial charge in [0.05, 0.1) is 12.6 Å². The van der Waals surface area contributed by atoms with Crippen LogP contribution in [-0.2, 0) is 0 Å². The molecule has 5 heteroatoms. The van der Waals surface area contributed by atoms with E-state index >= 15 is 0 Å². The Balaban J connectivity index is 1.82. The number of guanidine groups is 1. The van der Waals surface area contributed by atoms with Gasteiger partial charge in [0.1, 0.15) is 0 Å². The molecule has 116 valence electrons. The SMILES string of the molecule is CCNC(=NCC1(C)CCCS1)NCC1CCCC1O. The number of nitrogens with zero attached hydrogens (tertiary/aromatic N) is 1. The molecule has 4 nitrogen and oxygen atoms in total. The smallest absolute Gasteiger partial charge is 0.191 e. The zero-order valence-electron chi connectivity index (χ0n) is 12.8. The molecular formula is C15H29N3OS. The summed E-state index contributed by atoms with van der Waals surface area (Å²) < 4.78 is 0.315. The fourth-order valence-electron chi connectivity index (χ4n) is 3.03. The van der Waals surface area contributed by atoms with E-state index in [1.54, 1.807) is 0 Å². The molecule has 3 N–H and O–H groups in total. The van der Waals surface area contributed by atoms with Crippen LogP contribution in [0.2, 0.25) is 0 Å². The highest BCUT2D eigenvalue weighted by atomic mass is 32.2. The molecule has 0 spiro atoms. The van der Waals surface area contributed by atoms with E-state index in [4.69, 9.17) is 4.99 Å². The molecule has 1 aliphatic heterocycles. The lowest BCUT2D eigenvalue weighted by atomic mass is 10.1. The monoisotopic (exact) mass is 299 g/mol. The molecule has 1 saturated carbocycles. The Morgan fingerprint density at radius 3 is 2.80 bits per heavy atom. The number of aliphatic imine (C=N–C) groups is 1. The van der Waals surface area contributed by atoms with Crippen molar-refractivity contribution in [1.29, 1.82) is 0 Å². The number of nitrogens with one attached hydrogen (secondary N) is 2. The number of aliphatic hydroxyl groups is 1. The van der Waals surface area contributed by atoms with E-state index in [2.05, 4.69) is 24.5 Å². The molecular weight excluding hydrogens is 270 g/mol. The summed E-state index contributed by atoms with van der Waals surface area (Å²) in [6.07, 6.45) is 5.68. The summed E-state index contributed by atoms with van der Waals surface area (Å²) in [5.41, 5.74) is 0. The van der Waals surface area contributed by atoms with Gasteiger partial charge in [-0.15, -0.1) is 0 Å². The van der Waals surface area contributed by atoms with Crippen molar-refractivity contribution in [2.24, 2.45) is 10.9 Å². The maximum Gasteiger partial charge on any atom is 0.191 e. The molecule has 0 aromatic rings. The molecule has 3 unspecified atom stereocenters. The van der Waals surface area contributed by atoms with Crippen molar-refractivity contribution in [3.63, 3.8) is 0 Å². The van der Waals surface area contributed by atoms with Gasteiger partial charge < -0.3 is 15.7 Å². The predicted octanol–water partition coefficient (Wildman–Crippen LogP) is 1.99. The van der Waals surface area contributed by atoms with Gasteiger partial charge in [-0.05, 0) is 45.3 Å². The van der Waals surface area contributed by atoms with E-state index in [9.17, 15) is 5.11 Å². The molecule has 0 bridgehead atoms. The van der Waals surface area contributed by atoms with Gasteiger partial charge in [0.15, 0.2) is 5.96 Å². The highest BCUT2D eigenvalue weighted by Gasteiger charge is 2.29. The Hall–Kier alpha value is -0.420. The van der Waals surface area contributed by atoms with E-state index < -0.39 is 0 Å². The third-order valence-electron chi connectivity index (χ3n) is 4.37. The molecule has 3 atom stereocenters.